The van der Waals surface area contributed by atoms with E-state index in [0.29, 0.717) is 5.92 Å². The molecule has 356 valence electrons. The second-order valence-corrected chi connectivity index (χ2v) is 25.6. The SMILES string of the molecule is Cc1cc2c3c(c1)N(c1cccc4c1-c1ccccc1C4C)c1cc(C(C)(C)C)ccc1B3c1ccc(N3c4ccc(C(C)(C)C)cc4C4(C)CCCCC34C)cc1N2c1ccc2c(c1)sc1ccccc12. The minimum absolute atomic E-state index is 0.0166. The zero-order valence-electron chi connectivity index (χ0n) is 43.7. The van der Waals surface area contributed by atoms with E-state index in [1.54, 1.807) is 0 Å². The van der Waals surface area contributed by atoms with Gasteiger partial charge in [0.2, 0.25) is 0 Å². The maximum absolute atomic E-state index is 2.79. The van der Waals surface area contributed by atoms with Crippen molar-refractivity contribution in [2.24, 2.45) is 0 Å². The lowest BCUT2D eigenvalue weighted by Gasteiger charge is -2.50. The molecule has 0 spiro atoms. The summed E-state index contributed by atoms with van der Waals surface area (Å²) in [6.45, 7) is 24.0. The van der Waals surface area contributed by atoms with Gasteiger partial charge in [0.25, 0.3) is 6.71 Å². The van der Waals surface area contributed by atoms with Crippen LogP contribution in [0.1, 0.15) is 127 Å². The number of fused-ring (bicyclic) bond motifs is 13. The molecule has 1 fully saturated rings. The van der Waals surface area contributed by atoms with Crippen LogP contribution in [0, 0.1) is 6.92 Å². The summed E-state index contributed by atoms with van der Waals surface area (Å²) in [6, 6.07) is 59.9. The Labute approximate surface area is 431 Å². The fraction of sp³-hybridized carbons (Fsp3) is 0.284. The minimum atomic E-state index is -0.0805. The summed E-state index contributed by atoms with van der Waals surface area (Å²) in [5.74, 6) is 0.317. The van der Waals surface area contributed by atoms with Gasteiger partial charge in [0.05, 0.1) is 11.2 Å². The van der Waals surface area contributed by atoms with E-state index in [2.05, 4.69) is 236 Å². The summed E-state index contributed by atoms with van der Waals surface area (Å²) in [6.07, 6.45) is 4.86. The van der Waals surface area contributed by atoms with Gasteiger partial charge in [-0.3, -0.25) is 0 Å². The van der Waals surface area contributed by atoms with Crippen molar-refractivity contribution >= 4 is 100 Å². The van der Waals surface area contributed by atoms with Crippen LogP contribution in [-0.2, 0) is 16.2 Å². The zero-order valence-corrected chi connectivity index (χ0v) is 44.5. The molecule has 8 aromatic carbocycles. The number of aryl methyl sites for hydroxylation is 1. The Morgan fingerprint density at radius 2 is 1.19 bits per heavy atom. The molecule has 0 saturated heterocycles. The predicted molar refractivity (Wildman–Crippen MR) is 311 cm³/mol. The van der Waals surface area contributed by atoms with Crippen LogP contribution in [0.3, 0.4) is 0 Å². The maximum atomic E-state index is 2.79. The van der Waals surface area contributed by atoms with Crippen molar-refractivity contribution in [1.29, 1.82) is 0 Å². The second-order valence-electron chi connectivity index (χ2n) is 24.5. The molecule has 3 nitrogen and oxygen atoms in total. The molecule has 3 atom stereocenters. The molecule has 0 amide bonds. The molecule has 0 radical (unpaired) electrons. The molecular weight excluding hydrogens is 890 g/mol. The highest BCUT2D eigenvalue weighted by Gasteiger charge is 2.58. The first-order chi connectivity index (χ1) is 34.5. The van der Waals surface area contributed by atoms with Crippen LogP contribution in [0.5, 0.6) is 0 Å². The monoisotopic (exact) mass is 953 g/mol. The van der Waals surface area contributed by atoms with Crippen LogP contribution in [0.25, 0.3) is 31.3 Å². The Morgan fingerprint density at radius 3 is 2.00 bits per heavy atom. The molecule has 1 saturated carbocycles. The molecule has 14 rings (SSSR count). The van der Waals surface area contributed by atoms with Gasteiger partial charge in [-0.1, -0.05) is 159 Å². The summed E-state index contributed by atoms with van der Waals surface area (Å²) >= 11 is 1.91. The van der Waals surface area contributed by atoms with Gasteiger partial charge in [0.1, 0.15) is 0 Å². The van der Waals surface area contributed by atoms with Crippen LogP contribution < -0.4 is 31.1 Å². The molecule has 9 aromatic rings. The van der Waals surface area contributed by atoms with Crippen LogP contribution in [0.2, 0.25) is 0 Å². The molecule has 0 bridgehead atoms. The summed E-state index contributed by atoms with van der Waals surface area (Å²) in [7, 11) is 0. The van der Waals surface area contributed by atoms with Gasteiger partial charge >= 0.3 is 0 Å². The van der Waals surface area contributed by atoms with Crippen LogP contribution in [0.4, 0.5) is 45.5 Å². The van der Waals surface area contributed by atoms with E-state index < -0.39 is 0 Å². The summed E-state index contributed by atoms with van der Waals surface area (Å²) in [4.78, 5) is 8.12. The number of anilines is 8. The van der Waals surface area contributed by atoms with E-state index >= 15 is 0 Å². The molecule has 72 heavy (non-hydrogen) atoms. The van der Waals surface area contributed by atoms with Crippen LogP contribution >= 0.6 is 11.3 Å². The van der Waals surface area contributed by atoms with Crippen molar-refractivity contribution in [1.82, 2.24) is 0 Å². The largest absolute Gasteiger partial charge is 0.334 e. The lowest BCUT2D eigenvalue weighted by molar-refractivity contribution is 0.195. The first kappa shape index (κ1) is 44.2. The Bertz CT molecular complexity index is 3790. The fourth-order valence-corrected chi connectivity index (χ4v) is 15.5. The molecular formula is C67H64BN3S. The van der Waals surface area contributed by atoms with Gasteiger partial charge in [-0.05, 0) is 154 Å². The third-order valence-corrected chi connectivity index (χ3v) is 19.5. The summed E-state index contributed by atoms with van der Waals surface area (Å²) in [5, 5.41) is 2.65. The van der Waals surface area contributed by atoms with Crippen molar-refractivity contribution < 1.29 is 0 Å². The molecule has 3 unspecified atom stereocenters. The Hall–Kier alpha value is -6.56. The topological polar surface area (TPSA) is 9.72 Å². The summed E-state index contributed by atoms with van der Waals surface area (Å²) in [5.41, 5.74) is 25.3. The van der Waals surface area contributed by atoms with Crippen LogP contribution in [0.15, 0.2) is 152 Å². The number of rotatable bonds is 3. The first-order valence-corrected chi connectivity index (χ1v) is 27.5. The van der Waals surface area contributed by atoms with E-state index in [9.17, 15) is 0 Å². The lowest BCUT2D eigenvalue weighted by Crippen LogP contribution is -2.61. The van der Waals surface area contributed by atoms with Crippen LogP contribution in [-0.4, -0.2) is 12.3 Å². The highest BCUT2D eigenvalue weighted by Crippen LogP contribution is 2.62. The normalized spacial score (nSPS) is 20.6. The molecule has 3 aliphatic heterocycles. The van der Waals surface area contributed by atoms with Gasteiger partial charge in [-0.15, -0.1) is 11.3 Å². The number of hydrogen-bond acceptors (Lipinski definition) is 4. The molecule has 0 N–H and O–H groups in total. The van der Waals surface area contributed by atoms with Gasteiger partial charge in [0, 0.05) is 76.9 Å². The van der Waals surface area contributed by atoms with E-state index in [1.807, 2.05) is 11.3 Å². The van der Waals surface area contributed by atoms with E-state index in [-0.39, 0.29) is 28.5 Å². The van der Waals surface area contributed by atoms with Crippen molar-refractivity contribution in [3.63, 3.8) is 0 Å². The third-order valence-electron chi connectivity index (χ3n) is 18.4. The van der Waals surface area contributed by atoms with Crippen molar-refractivity contribution in [2.45, 2.75) is 123 Å². The quantitative estimate of drug-likeness (QED) is 0.163. The van der Waals surface area contributed by atoms with Gasteiger partial charge < -0.3 is 14.7 Å². The molecule has 5 aliphatic rings. The maximum Gasteiger partial charge on any atom is 0.252 e. The third kappa shape index (κ3) is 5.98. The molecule has 1 aromatic heterocycles. The van der Waals surface area contributed by atoms with Crippen molar-refractivity contribution in [2.75, 3.05) is 14.7 Å². The fourth-order valence-electron chi connectivity index (χ4n) is 14.4. The van der Waals surface area contributed by atoms with E-state index in [4.69, 9.17) is 0 Å². The molecule has 4 heterocycles. The van der Waals surface area contributed by atoms with E-state index in [0.717, 1.165) is 6.42 Å². The number of benzene rings is 8. The standard InChI is InChI=1S/C67H64BN3S/c1-40-34-58-63-59(35-40)70(55-22-17-21-47-41(2)46-18-11-12-20-50(46)62(47)55)56-37-43(65(6,7)8)24-29-52(56)68(63)53-30-27-45(38-57(53)69(58)44-26-28-49-48-19-13-14-23-60(48)72-61(49)39-44)71-54-31-25-42(64(3,4)5)36-51(54)66(9)32-15-16-33-67(66,71)10/h11-14,17-31,34-39,41H,15-16,32-33H2,1-10H3. The Morgan fingerprint density at radius 1 is 0.542 bits per heavy atom. The second kappa shape index (κ2) is 15.0. The van der Waals surface area contributed by atoms with Gasteiger partial charge in [-0.2, -0.15) is 0 Å². The average molecular weight is 954 g/mol. The lowest BCUT2D eigenvalue weighted by atomic mass is 9.33. The first-order valence-electron chi connectivity index (χ1n) is 26.7. The average Bonchev–Trinajstić information content (AvgIpc) is 3.95. The van der Waals surface area contributed by atoms with Gasteiger partial charge in [-0.25, -0.2) is 0 Å². The zero-order chi connectivity index (χ0) is 49.4. The Kier molecular flexibility index (Phi) is 9.21. The summed E-state index contributed by atoms with van der Waals surface area (Å²) < 4.78 is 2.65. The van der Waals surface area contributed by atoms with E-state index in [1.165, 1.54) is 146 Å². The Balaban J connectivity index is 1.05. The van der Waals surface area contributed by atoms with Gasteiger partial charge in [0.15, 0.2) is 0 Å². The molecule has 2 aliphatic carbocycles. The highest BCUT2D eigenvalue weighted by atomic mass is 32.1. The minimum Gasteiger partial charge on any atom is -0.334 e. The van der Waals surface area contributed by atoms with Crippen molar-refractivity contribution in [3.05, 3.63) is 185 Å². The number of thiophene rings is 1. The molecule has 5 heteroatoms. The predicted octanol–water partition coefficient (Wildman–Crippen LogP) is 16.9. The smallest absolute Gasteiger partial charge is 0.252 e. The highest BCUT2D eigenvalue weighted by molar-refractivity contribution is 7.25. The number of nitrogens with zero attached hydrogens (tertiary/aromatic N) is 3. The van der Waals surface area contributed by atoms with Crippen molar-refractivity contribution in [3.8, 4) is 11.1 Å². The number of hydrogen-bond donors (Lipinski definition) is 0.